The van der Waals surface area contributed by atoms with E-state index in [1.807, 2.05) is 6.07 Å². The molecule has 0 saturated heterocycles. The van der Waals surface area contributed by atoms with E-state index in [9.17, 15) is 0 Å². The van der Waals surface area contributed by atoms with Crippen molar-refractivity contribution in [2.45, 2.75) is 39.3 Å². The van der Waals surface area contributed by atoms with Gasteiger partial charge in [-0.1, -0.05) is 13.8 Å². The molecule has 1 aromatic heterocycles. The van der Waals surface area contributed by atoms with Crippen LogP contribution in [0, 0.1) is 11.8 Å². The molecule has 3 heteroatoms. The topological polar surface area (TPSA) is 45.1 Å². The Bertz CT molecular complexity index is 336. The lowest BCUT2D eigenvalue weighted by Crippen LogP contribution is -2.32. The van der Waals surface area contributed by atoms with E-state index in [0.717, 1.165) is 24.1 Å². The van der Waals surface area contributed by atoms with Gasteiger partial charge in [-0.25, -0.2) is 0 Å². The fraction of sp³-hybridized carbons (Fsp3) is 0.615. The Hall–Kier alpha value is -1.09. The molecule has 88 valence electrons. The first-order valence-corrected chi connectivity index (χ1v) is 6.04. The minimum Gasteiger partial charge on any atom is -0.506 e. The van der Waals surface area contributed by atoms with Crippen LogP contribution in [0.1, 0.15) is 32.4 Å². The molecule has 2 rings (SSSR count). The molecule has 0 bridgehead atoms. The first-order chi connectivity index (χ1) is 7.66. The van der Waals surface area contributed by atoms with Crippen LogP contribution in [-0.2, 0) is 6.54 Å². The molecule has 1 aliphatic carbocycles. The van der Waals surface area contributed by atoms with Crippen molar-refractivity contribution in [3.05, 3.63) is 24.0 Å². The summed E-state index contributed by atoms with van der Waals surface area (Å²) in [6.07, 6.45) is 4.08. The summed E-state index contributed by atoms with van der Waals surface area (Å²) in [6, 6.07) is 4.17. The van der Waals surface area contributed by atoms with Crippen LogP contribution in [0.5, 0.6) is 5.75 Å². The monoisotopic (exact) mass is 220 g/mol. The van der Waals surface area contributed by atoms with E-state index in [4.69, 9.17) is 5.11 Å². The van der Waals surface area contributed by atoms with Crippen molar-refractivity contribution in [3.63, 3.8) is 0 Å². The zero-order chi connectivity index (χ0) is 11.5. The fourth-order valence-electron chi connectivity index (χ4n) is 2.41. The number of pyridine rings is 1. The third-order valence-corrected chi connectivity index (χ3v) is 3.82. The number of hydrogen-bond donors (Lipinski definition) is 2. The highest BCUT2D eigenvalue weighted by Crippen LogP contribution is 2.31. The lowest BCUT2D eigenvalue weighted by atomic mass is 9.98. The summed E-state index contributed by atoms with van der Waals surface area (Å²) in [4.78, 5) is 4.17. The predicted octanol–water partition coefficient (Wildman–Crippen LogP) is 2.31. The minimum atomic E-state index is 0.228. The van der Waals surface area contributed by atoms with Crippen molar-refractivity contribution in [2.24, 2.45) is 11.8 Å². The molecule has 0 radical (unpaired) electrons. The molecule has 16 heavy (non-hydrogen) atoms. The Balaban J connectivity index is 1.86. The largest absolute Gasteiger partial charge is 0.506 e. The van der Waals surface area contributed by atoms with Crippen molar-refractivity contribution >= 4 is 0 Å². The van der Waals surface area contributed by atoms with Crippen molar-refractivity contribution < 1.29 is 5.11 Å². The van der Waals surface area contributed by atoms with Crippen molar-refractivity contribution in [1.82, 2.24) is 10.3 Å². The van der Waals surface area contributed by atoms with Crippen LogP contribution in [0.15, 0.2) is 18.3 Å². The molecule has 1 aromatic rings. The Morgan fingerprint density at radius 3 is 2.75 bits per heavy atom. The van der Waals surface area contributed by atoms with Gasteiger partial charge in [-0.3, -0.25) is 4.98 Å². The number of hydrogen-bond acceptors (Lipinski definition) is 3. The summed E-state index contributed by atoms with van der Waals surface area (Å²) < 4.78 is 0. The van der Waals surface area contributed by atoms with Gasteiger partial charge in [-0.05, 0) is 36.8 Å². The van der Waals surface area contributed by atoms with Gasteiger partial charge >= 0.3 is 0 Å². The average molecular weight is 220 g/mol. The molecule has 1 aliphatic rings. The van der Waals surface area contributed by atoms with E-state index >= 15 is 0 Å². The molecule has 2 N–H and O–H groups in total. The maximum absolute atomic E-state index is 9.13. The van der Waals surface area contributed by atoms with Crippen molar-refractivity contribution in [3.8, 4) is 5.75 Å². The number of aromatic hydroxyl groups is 1. The standard InChI is InChI=1S/C13H20N2O/c1-9-3-6-13(10(9)2)15-7-11-4-5-12(16)8-14-11/h4-5,8-10,13,15-16H,3,6-7H2,1-2H3. The van der Waals surface area contributed by atoms with Crippen LogP contribution in [0.2, 0.25) is 0 Å². The SMILES string of the molecule is CC1CCC(NCc2ccc(O)cn2)C1C. The van der Waals surface area contributed by atoms with Crippen molar-refractivity contribution in [1.29, 1.82) is 0 Å². The molecule has 1 fully saturated rings. The van der Waals surface area contributed by atoms with E-state index in [1.165, 1.54) is 19.0 Å². The third kappa shape index (κ3) is 2.53. The molecule has 1 heterocycles. The second-order valence-electron chi connectivity index (χ2n) is 4.91. The lowest BCUT2D eigenvalue weighted by Gasteiger charge is -2.19. The van der Waals surface area contributed by atoms with E-state index < -0.39 is 0 Å². The Morgan fingerprint density at radius 2 is 2.19 bits per heavy atom. The maximum Gasteiger partial charge on any atom is 0.133 e. The smallest absolute Gasteiger partial charge is 0.133 e. The molecular weight excluding hydrogens is 200 g/mol. The van der Waals surface area contributed by atoms with Gasteiger partial charge in [-0.15, -0.1) is 0 Å². The zero-order valence-electron chi connectivity index (χ0n) is 9.98. The molecule has 0 aliphatic heterocycles. The summed E-state index contributed by atoms with van der Waals surface area (Å²) in [5.74, 6) is 1.80. The highest BCUT2D eigenvalue weighted by atomic mass is 16.3. The summed E-state index contributed by atoms with van der Waals surface area (Å²) in [7, 11) is 0. The molecule has 0 amide bonds. The van der Waals surface area contributed by atoms with Gasteiger partial charge in [0.15, 0.2) is 0 Å². The van der Waals surface area contributed by atoms with E-state index in [0.29, 0.717) is 6.04 Å². The highest BCUT2D eigenvalue weighted by molar-refractivity contribution is 5.17. The highest BCUT2D eigenvalue weighted by Gasteiger charge is 2.28. The summed E-state index contributed by atoms with van der Waals surface area (Å²) in [5, 5.41) is 12.7. The maximum atomic E-state index is 9.13. The zero-order valence-corrected chi connectivity index (χ0v) is 9.98. The Labute approximate surface area is 96.9 Å². The number of aromatic nitrogens is 1. The van der Waals surface area contributed by atoms with Crippen LogP contribution >= 0.6 is 0 Å². The molecule has 0 aromatic carbocycles. The van der Waals surface area contributed by atoms with Gasteiger partial charge in [-0.2, -0.15) is 0 Å². The first-order valence-electron chi connectivity index (χ1n) is 6.04. The molecule has 1 saturated carbocycles. The second kappa shape index (κ2) is 4.83. The molecule has 3 atom stereocenters. The predicted molar refractivity (Wildman–Crippen MR) is 64.1 cm³/mol. The molecule has 3 nitrogen and oxygen atoms in total. The normalized spacial score (nSPS) is 29.5. The second-order valence-corrected chi connectivity index (χ2v) is 4.91. The Kier molecular flexibility index (Phi) is 3.44. The Morgan fingerprint density at radius 1 is 1.38 bits per heavy atom. The number of nitrogens with one attached hydrogen (secondary N) is 1. The number of rotatable bonds is 3. The van der Waals surface area contributed by atoms with Gasteiger partial charge < -0.3 is 10.4 Å². The molecule has 3 unspecified atom stereocenters. The van der Waals surface area contributed by atoms with E-state index in [1.54, 1.807) is 6.07 Å². The summed E-state index contributed by atoms with van der Waals surface area (Å²) in [5.41, 5.74) is 0.990. The van der Waals surface area contributed by atoms with Crippen molar-refractivity contribution in [2.75, 3.05) is 0 Å². The first kappa shape index (κ1) is 11.4. The average Bonchev–Trinajstić information content (AvgIpc) is 2.60. The van der Waals surface area contributed by atoms with Gasteiger partial charge in [0.05, 0.1) is 11.9 Å². The van der Waals surface area contributed by atoms with E-state index in [2.05, 4.69) is 24.1 Å². The van der Waals surface area contributed by atoms with Crippen LogP contribution < -0.4 is 5.32 Å². The van der Waals surface area contributed by atoms with Gasteiger partial charge in [0.2, 0.25) is 0 Å². The quantitative estimate of drug-likeness (QED) is 0.821. The lowest BCUT2D eigenvalue weighted by molar-refractivity contribution is 0.368. The number of nitrogens with zero attached hydrogens (tertiary/aromatic N) is 1. The van der Waals surface area contributed by atoms with Crippen LogP contribution in [0.3, 0.4) is 0 Å². The fourth-order valence-corrected chi connectivity index (χ4v) is 2.41. The van der Waals surface area contributed by atoms with Gasteiger partial charge in [0.25, 0.3) is 0 Å². The molecule has 0 spiro atoms. The summed E-state index contributed by atoms with van der Waals surface area (Å²) in [6.45, 7) is 5.44. The van der Waals surface area contributed by atoms with Crippen LogP contribution in [0.4, 0.5) is 0 Å². The van der Waals surface area contributed by atoms with E-state index in [-0.39, 0.29) is 5.75 Å². The minimum absolute atomic E-state index is 0.228. The molecular formula is C13H20N2O. The van der Waals surface area contributed by atoms with Crippen LogP contribution in [-0.4, -0.2) is 16.1 Å². The summed E-state index contributed by atoms with van der Waals surface area (Å²) >= 11 is 0. The van der Waals surface area contributed by atoms with Crippen LogP contribution in [0.25, 0.3) is 0 Å². The van der Waals surface area contributed by atoms with Gasteiger partial charge in [0.1, 0.15) is 5.75 Å². The van der Waals surface area contributed by atoms with Gasteiger partial charge in [0, 0.05) is 12.6 Å². The third-order valence-electron chi connectivity index (χ3n) is 3.82.